The Balaban J connectivity index is 1.98. The molecule has 0 aliphatic heterocycles. The lowest BCUT2D eigenvalue weighted by atomic mass is 9.99. The average molecular weight is 394 g/mol. The van der Waals surface area contributed by atoms with Crippen molar-refractivity contribution in [1.29, 1.82) is 0 Å². The Morgan fingerprint density at radius 2 is 1.10 bits per heavy atom. The molecule has 0 aliphatic rings. The molecular formula is C27H25N2O+. The molecule has 0 aliphatic carbocycles. The fraction of sp³-hybridized carbons (Fsp3) is 0.111. The van der Waals surface area contributed by atoms with Crippen LogP contribution in [0.4, 0.5) is 0 Å². The Hall–Kier alpha value is -3.72. The summed E-state index contributed by atoms with van der Waals surface area (Å²) in [5.41, 5.74) is 9.36. The standard InChI is InChI=1S/C27H24N2O/c1-2-12-27(30)28-29-25(22-15-8-4-9-16-22)19-24(21-13-6-3-7-14-21)20-26(29)23-17-10-5-11-18-23/h3-11,13-20H,2,12H2,1H3/p+1. The molecule has 0 radical (unpaired) electrons. The SMILES string of the molecule is CCCC(=O)N[n+]1c(-c2ccccc2)cc(-c2ccccc2)cc1-c1ccccc1. The van der Waals surface area contributed by atoms with Crippen molar-refractivity contribution < 1.29 is 9.47 Å². The van der Waals surface area contributed by atoms with Gasteiger partial charge in [0.15, 0.2) is 0 Å². The summed E-state index contributed by atoms with van der Waals surface area (Å²) in [5, 5.41) is 0. The van der Waals surface area contributed by atoms with Crippen molar-refractivity contribution in [3.63, 3.8) is 0 Å². The molecule has 0 fully saturated rings. The summed E-state index contributed by atoms with van der Waals surface area (Å²) >= 11 is 0. The van der Waals surface area contributed by atoms with Crippen molar-refractivity contribution in [3.8, 4) is 33.6 Å². The minimum atomic E-state index is 0.00400. The molecule has 1 aromatic heterocycles. The van der Waals surface area contributed by atoms with Gasteiger partial charge in [0.25, 0.3) is 5.91 Å². The van der Waals surface area contributed by atoms with Gasteiger partial charge in [0, 0.05) is 29.7 Å². The summed E-state index contributed by atoms with van der Waals surface area (Å²) in [6, 6.07) is 35.0. The lowest BCUT2D eigenvalue weighted by molar-refractivity contribution is -0.619. The predicted molar refractivity (Wildman–Crippen MR) is 122 cm³/mol. The van der Waals surface area contributed by atoms with Crippen LogP contribution in [0.25, 0.3) is 33.6 Å². The fourth-order valence-corrected chi connectivity index (χ4v) is 3.56. The molecule has 4 rings (SSSR count). The van der Waals surface area contributed by atoms with Crippen molar-refractivity contribution in [1.82, 2.24) is 0 Å². The Kier molecular flexibility index (Phi) is 6.00. The molecule has 1 amide bonds. The third-order valence-corrected chi connectivity index (χ3v) is 5.03. The Labute approximate surface area is 177 Å². The number of carbonyl (C=O) groups excluding carboxylic acids is 1. The van der Waals surface area contributed by atoms with Gasteiger partial charge in [0.05, 0.1) is 0 Å². The molecule has 4 aromatic rings. The highest BCUT2D eigenvalue weighted by Gasteiger charge is 2.25. The van der Waals surface area contributed by atoms with Gasteiger partial charge in [-0.3, -0.25) is 4.79 Å². The van der Waals surface area contributed by atoms with E-state index in [4.69, 9.17) is 0 Å². The van der Waals surface area contributed by atoms with Crippen molar-refractivity contribution in [2.75, 3.05) is 5.43 Å². The monoisotopic (exact) mass is 393 g/mol. The molecule has 0 saturated carbocycles. The quantitative estimate of drug-likeness (QED) is 0.410. The first kappa shape index (κ1) is 19.6. The predicted octanol–water partition coefficient (Wildman–Crippen LogP) is 5.85. The molecule has 3 heteroatoms. The van der Waals surface area contributed by atoms with E-state index in [2.05, 4.69) is 54.0 Å². The number of benzene rings is 3. The maximum Gasteiger partial charge on any atom is 0.274 e. The van der Waals surface area contributed by atoms with Gasteiger partial charge in [-0.25, -0.2) is 0 Å². The van der Waals surface area contributed by atoms with Gasteiger partial charge in [-0.1, -0.05) is 78.3 Å². The zero-order valence-corrected chi connectivity index (χ0v) is 17.1. The number of amides is 1. The van der Waals surface area contributed by atoms with E-state index in [1.165, 1.54) is 0 Å². The van der Waals surface area contributed by atoms with Crippen molar-refractivity contribution in [3.05, 3.63) is 103 Å². The third kappa shape index (κ3) is 4.31. The summed E-state index contributed by atoms with van der Waals surface area (Å²) in [6.45, 7) is 2.01. The summed E-state index contributed by atoms with van der Waals surface area (Å²) in [5.74, 6) is 0.00400. The minimum Gasteiger partial charge on any atom is -0.269 e. The maximum absolute atomic E-state index is 12.6. The molecule has 0 spiro atoms. The third-order valence-electron chi connectivity index (χ3n) is 5.03. The molecule has 0 saturated heterocycles. The topological polar surface area (TPSA) is 33.0 Å². The first-order valence-electron chi connectivity index (χ1n) is 10.3. The number of pyridine rings is 1. The van der Waals surface area contributed by atoms with Crippen LogP contribution in [0.2, 0.25) is 0 Å². The molecule has 0 atom stereocenters. The zero-order chi connectivity index (χ0) is 20.8. The zero-order valence-electron chi connectivity index (χ0n) is 17.1. The van der Waals surface area contributed by atoms with Crippen LogP contribution >= 0.6 is 0 Å². The number of hydrogen-bond donors (Lipinski definition) is 1. The number of nitrogens with zero attached hydrogens (tertiary/aromatic N) is 1. The Bertz CT molecular complexity index is 1060. The van der Waals surface area contributed by atoms with E-state index in [0.29, 0.717) is 6.42 Å². The number of nitrogens with one attached hydrogen (secondary N) is 1. The van der Waals surface area contributed by atoms with Crippen LogP contribution in [-0.2, 0) is 4.79 Å². The van der Waals surface area contributed by atoms with Gasteiger partial charge < -0.3 is 0 Å². The smallest absolute Gasteiger partial charge is 0.269 e. The lowest BCUT2D eigenvalue weighted by Gasteiger charge is -2.12. The van der Waals surface area contributed by atoms with Gasteiger partial charge in [-0.15, -0.1) is 5.43 Å². The highest BCUT2D eigenvalue weighted by atomic mass is 16.2. The molecule has 1 N–H and O–H groups in total. The molecule has 30 heavy (non-hydrogen) atoms. The van der Waals surface area contributed by atoms with Crippen molar-refractivity contribution in [2.45, 2.75) is 19.8 Å². The van der Waals surface area contributed by atoms with E-state index in [1.54, 1.807) is 0 Å². The van der Waals surface area contributed by atoms with E-state index < -0.39 is 0 Å². The van der Waals surface area contributed by atoms with E-state index >= 15 is 0 Å². The van der Waals surface area contributed by atoms with Crippen LogP contribution in [0.5, 0.6) is 0 Å². The molecule has 1 heterocycles. The first-order valence-corrected chi connectivity index (χ1v) is 10.3. The Morgan fingerprint density at radius 3 is 1.53 bits per heavy atom. The fourth-order valence-electron chi connectivity index (χ4n) is 3.56. The van der Waals surface area contributed by atoms with Crippen LogP contribution in [0.1, 0.15) is 19.8 Å². The van der Waals surface area contributed by atoms with Crippen LogP contribution in [0.3, 0.4) is 0 Å². The minimum absolute atomic E-state index is 0.00400. The summed E-state index contributed by atoms with van der Waals surface area (Å²) < 4.78 is 1.93. The number of rotatable bonds is 6. The molecule has 148 valence electrons. The highest BCUT2D eigenvalue weighted by Crippen LogP contribution is 2.28. The highest BCUT2D eigenvalue weighted by molar-refractivity contribution is 5.83. The second kappa shape index (κ2) is 9.19. The normalized spacial score (nSPS) is 10.6. The Morgan fingerprint density at radius 1 is 0.667 bits per heavy atom. The van der Waals surface area contributed by atoms with Gasteiger partial charge in [0.2, 0.25) is 11.4 Å². The molecule has 0 unspecified atom stereocenters. The van der Waals surface area contributed by atoms with Gasteiger partial charge >= 0.3 is 0 Å². The summed E-state index contributed by atoms with van der Waals surface area (Å²) in [4.78, 5) is 12.6. The molecule has 3 aromatic carbocycles. The van der Waals surface area contributed by atoms with E-state index in [-0.39, 0.29) is 5.91 Å². The second-order valence-electron chi connectivity index (χ2n) is 7.23. The van der Waals surface area contributed by atoms with Crippen LogP contribution < -0.4 is 10.1 Å². The van der Waals surface area contributed by atoms with Crippen LogP contribution in [0.15, 0.2) is 103 Å². The first-order chi connectivity index (χ1) is 14.8. The second-order valence-corrected chi connectivity index (χ2v) is 7.23. The van der Waals surface area contributed by atoms with E-state index in [0.717, 1.165) is 40.1 Å². The van der Waals surface area contributed by atoms with Gasteiger partial charge in [-0.2, -0.15) is 0 Å². The van der Waals surface area contributed by atoms with Crippen LogP contribution in [-0.4, -0.2) is 5.91 Å². The summed E-state index contributed by atoms with van der Waals surface area (Å²) in [7, 11) is 0. The summed E-state index contributed by atoms with van der Waals surface area (Å²) in [6.07, 6.45) is 1.28. The number of hydrogen-bond acceptors (Lipinski definition) is 1. The van der Waals surface area contributed by atoms with Gasteiger partial charge in [0.1, 0.15) is 0 Å². The van der Waals surface area contributed by atoms with Gasteiger partial charge in [-0.05, 0) is 41.8 Å². The van der Waals surface area contributed by atoms with Crippen molar-refractivity contribution in [2.24, 2.45) is 0 Å². The van der Waals surface area contributed by atoms with E-state index in [9.17, 15) is 4.79 Å². The molecular weight excluding hydrogens is 368 g/mol. The largest absolute Gasteiger partial charge is 0.274 e. The maximum atomic E-state index is 12.6. The lowest BCUT2D eigenvalue weighted by Crippen LogP contribution is -2.51. The number of carbonyl (C=O) groups is 1. The van der Waals surface area contributed by atoms with Crippen LogP contribution in [0, 0.1) is 0 Å². The average Bonchev–Trinajstić information content (AvgIpc) is 2.81. The number of aromatic nitrogens is 1. The molecule has 3 nitrogen and oxygen atoms in total. The molecule has 0 bridgehead atoms. The van der Waals surface area contributed by atoms with Crippen molar-refractivity contribution >= 4 is 5.91 Å². The van der Waals surface area contributed by atoms with E-state index in [1.807, 2.05) is 66.2 Å².